The van der Waals surface area contributed by atoms with Crippen molar-refractivity contribution in [1.29, 1.82) is 0 Å². The standard InChI is InChI=1S/C25H40N6/c1-22-19-30-25(20-29-22)6-2-5-23-7-9-24(10-8-23)21-31-17-4-13-27-15-14-26-11-3-12-28-16-18-31/h7-10,19-20,26-28H,2-6,11-18,21H2,1H3. The van der Waals surface area contributed by atoms with E-state index in [2.05, 4.69) is 55.1 Å². The molecule has 170 valence electrons. The van der Waals surface area contributed by atoms with E-state index in [1.54, 1.807) is 0 Å². The third kappa shape index (κ3) is 9.87. The van der Waals surface area contributed by atoms with E-state index in [1.165, 1.54) is 24.0 Å². The van der Waals surface area contributed by atoms with Gasteiger partial charge in [0.2, 0.25) is 0 Å². The van der Waals surface area contributed by atoms with Crippen molar-refractivity contribution in [2.24, 2.45) is 0 Å². The molecule has 1 aliphatic heterocycles. The van der Waals surface area contributed by atoms with Crippen LogP contribution in [-0.4, -0.2) is 67.2 Å². The van der Waals surface area contributed by atoms with Gasteiger partial charge in [-0.1, -0.05) is 24.3 Å². The van der Waals surface area contributed by atoms with E-state index < -0.39 is 0 Å². The van der Waals surface area contributed by atoms with Crippen molar-refractivity contribution in [2.75, 3.05) is 52.4 Å². The minimum atomic E-state index is 0.979. The predicted molar refractivity (Wildman–Crippen MR) is 128 cm³/mol. The maximum atomic E-state index is 4.46. The van der Waals surface area contributed by atoms with Crippen LogP contribution in [0, 0.1) is 6.92 Å². The summed E-state index contributed by atoms with van der Waals surface area (Å²) < 4.78 is 0. The minimum absolute atomic E-state index is 0.979. The van der Waals surface area contributed by atoms with Crippen LogP contribution in [0.4, 0.5) is 0 Å². The van der Waals surface area contributed by atoms with E-state index in [4.69, 9.17) is 0 Å². The largest absolute Gasteiger partial charge is 0.315 e. The number of nitrogens with one attached hydrogen (secondary N) is 3. The maximum Gasteiger partial charge on any atom is 0.0587 e. The molecule has 0 radical (unpaired) electrons. The first kappa shape index (κ1) is 23.8. The fourth-order valence-electron chi connectivity index (χ4n) is 3.92. The van der Waals surface area contributed by atoms with E-state index in [-0.39, 0.29) is 0 Å². The average Bonchev–Trinajstić information content (AvgIpc) is 2.79. The summed E-state index contributed by atoms with van der Waals surface area (Å²) in [6.07, 6.45) is 9.33. The molecule has 31 heavy (non-hydrogen) atoms. The molecule has 0 atom stereocenters. The highest BCUT2D eigenvalue weighted by Crippen LogP contribution is 2.11. The number of aryl methyl sites for hydroxylation is 3. The summed E-state index contributed by atoms with van der Waals surface area (Å²) in [7, 11) is 0. The second-order valence-corrected chi connectivity index (χ2v) is 8.55. The highest BCUT2D eigenvalue weighted by Gasteiger charge is 2.07. The van der Waals surface area contributed by atoms with Crippen molar-refractivity contribution >= 4 is 0 Å². The molecule has 6 heteroatoms. The lowest BCUT2D eigenvalue weighted by atomic mass is 10.0. The smallest absolute Gasteiger partial charge is 0.0587 e. The Morgan fingerprint density at radius 1 is 0.742 bits per heavy atom. The first-order chi connectivity index (χ1) is 15.3. The van der Waals surface area contributed by atoms with Crippen LogP contribution in [-0.2, 0) is 19.4 Å². The molecule has 2 heterocycles. The number of benzene rings is 1. The molecule has 1 fully saturated rings. The van der Waals surface area contributed by atoms with Gasteiger partial charge in [0.1, 0.15) is 0 Å². The van der Waals surface area contributed by atoms with Crippen LogP contribution in [0.3, 0.4) is 0 Å². The molecule has 1 aromatic carbocycles. The topological polar surface area (TPSA) is 65.1 Å². The van der Waals surface area contributed by atoms with Gasteiger partial charge < -0.3 is 16.0 Å². The van der Waals surface area contributed by atoms with Gasteiger partial charge in [0.25, 0.3) is 0 Å². The number of hydrogen-bond donors (Lipinski definition) is 3. The first-order valence-electron chi connectivity index (χ1n) is 12.0. The van der Waals surface area contributed by atoms with E-state index in [0.717, 1.165) is 89.6 Å². The Morgan fingerprint density at radius 2 is 1.45 bits per heavy atom. The third-order valence-corrected chi connectivity index (χ3v) is 5.78. The molecule has 1 aromatic heterocycles. The van der Waals surface area contributed by atoms with Gasteiger partial charge in [-0.25, -0.2) is 0 Å². The fraction of sp³-hybridized carbons (Fsp3) is 0.600. The monoisotopic (exact) mass is 424 g/mol. The van der Waals surface area contributed by atoms with E-state index in [0.29, 0.717) is 0 Å². The number of hydrogen-bond acceptors (Lipinski definition) is 6. The Hall–Kier alpha value is -1.86. The molecule has 0 bridgehead atoms. The number of aromatic nitrogens is 2. The van der Waals surface area contributed by atoms with Gasteiger partial charge in [-0.05, 0) is 76.3 Å². The average molecular weight is 425 g/mol. The van der Waals surface area contributed by atoms with Gasteiger partial charge in [-0.2, -0.15) is 0 Å². The Bertz CT molecular complexity index is 702. The Labute approximate surface area is 188 Å². The van der Waals surface area contributed by atoms with Crippen molar-refractivity contribution in [3.8, 4) is 0 Å². The Morgan fingerprint density at radius 3 is 2.19 bits per heavy atom. The summed E-state index contributed by atoms with van der Waals surface area (Å²) in [6, 6.07) is 9.22. The third-order valence-electron chi connectivity index (χ3n) is 5.78. The van der Waals surface area contributed by atoms with Gasteiger partial charge >= 0.3 is 0 Å². The molecule has 1 aliphatic rings. The van der Waals surface area contributed by atoms with Crippen LogP contribution in [0.15, 0.2) is 36.7 Å². The molecule has 2 aromatic rings. The van der Waals surface area contributed by atoms with Gasteiger partial charge in [0, 0.05) is 45.1 Å². The van der Waals surface area contributed by atoms with Crippen molar-refractivity contribution in [3.05, 3.63) is 59.2 Å². The highest BCUT2D eigenvalue weighted by atomic mass is 15.1. The van der Waals surface area contributed by atoms with Crippen molar-refractivity contribution in [1.82, 2.24) is 30.8 Å². The molecule has 0 aliphatic carbocycles. The zero-order chi connectivity index (χ0) is 21.6. The Balaban J connectivity index is 1.42. The maximum absolute atomic E-state index is 4.46. The van der Waals surface area contributed by atoms with Gasteiger partial charge in [0.05, 0.1) is 11.4 Å². The summed E-state index contributed by atoms with van der Waals surface area (Å²) in [5.41, 5.74) is 4.88. The van der Waals surface area contributed by atoms with Crippen LogP contribution < -0.4 is 16.0 Å². The van der Waals surface area contributed by atoms with Crippen molar-refractivity contribution < 1.29 is 0 Å². The molecular weight excluding hydrogens is 384 g/mol. The summed E-state index contributed by atoms with van der Waals surface area (Å²) >= 11 is 0. The second-order valence-electron chi connectivity index (χ2n) is 8.55. The Kier molecular flexibility index (Phi) is 10.9. The van der Waals surface area contributed by atoms with Crippen molar-refractivity contribution in [3.63, 3.8) is 0 Å². The molecule has 0 saturated carbocycles. The molecule has 0 spiro atoms. The lowest BCUT2D eigenvalue weighted by Gasteiger charge is -2.23. The van der Waals surface area contributed by atoms with Crippen molar-refractivity contribution in [2.45, 2.75) is 45.6 Å². The summed E-state index contributed by atoms with van der Waals surface area (Å²) in [4.78, 5) is 11.4. The van der Waals surface area contributed by atoms with Crippen LogP contribution in [0.5, 0.6) is 0 Å². The molecule has 1 saturated heterocycles. The lowest BCUT2D eigenvalue weighted by molar-refractivity contribution is 0.260. The summed E-state index contributed by atoms with van der Waals surface area (Å²) in [5, 5.41) is 10.6. The molecule has 0 amide bonds. The van der Waals surface area contributed by atoms with Crippen LogP contribution >= 0.6 is 0 Å². The van der Waals surface area contributed by atoms with Gasteiger partial charge in [-0.15, -0.1) is 0 Å². The SMILES string of the molecule is Cc1cnc(CCCc2ccc(CN3CCCNCCNCCCNCC3)cc2)cn1. The fourth-order valence-corrected chi connectivity index (χ4v) is 3.92. The zero-order valence-corrected chi connectivity index (χ0v) is 19.2. The van der Waals surface area contributed by atoms with E-state index >= 15 is 0 Å². The predicted octanol–water partition coefficient (Wildman–Crippen LogP) is 2.32. The van der Waals surface area contributed by atoms with Crippen LogP contribution in [0.1, 0.15) is 41.8 Å². The van der Waals surface area contributed by atoms with Gasteiger partial charge in [-0.3, -0.25) is 14.9 Å². The number of rotatable bonds is 6. The normalized spacial score (nSPS) is 17.8. The lowest BCUT2D eigenvalue weighted by Crippen LogP contribution is -2.36. The van der Waals surface area contributed by atoms with Crippen LogP contribution in [0.2, 0.25) is 0 Å². The van der Waals surface area contributed by atoms with E-state index in [9.17, 15) is 0 Å². The minimum Gasteiger partial charge on any atom is -0.315 e. The quantitative estimate of drug-likeness (QED) is 0.662. The summed E-state index contributed by atoms with van der Waals surface area (Å²) in [5.74, 6) is 0. The molecule has 6 nitrogen and oxygen atoms in total. The molecule has 0 unspecified atom stereocenters. The highest BCUT2D eigenvalue weighted by molar-refractivity contribution is 5.22. The molecule has 3 N–H and O–H groups in total. The molecular formula is C25H40N6. The van der Waals surface area contributed by atoms with E-state index in [1.807, 2.05) is 19.3 Å². The van der Waals surface area contributed by atoms with Crippen LogP contribution in [0.25, 0.3) is 0 Å². The molecule has 3 rings (SSSR count). The summed E-state index contributed by atoms with van der Waals surface area (Å²) in [6.45, 7) is 11.7. The van der Waals surface area contributed by atoms with Gasteiger partial charge in [0.15, 0.2) is 0 Å². The first-order valence-corrected chi connectivity index (χ1v) is 12.0. The number of nitrogens with zero attached hydrogens (tertiary/aromatic N) is 3. The zero-order valence-electron chi connectivity index (χ0n) is 19.2. The second kappa shape index (κ2) is 14.2.